The van der Waals surface area contributed by atoms with Gasteiger partial charge in [0.25, 0.3) is 10.1 Å². The highest BCUT2D eigenvalue weighted by molar-refractivity contribution is 9.10. The van der Waals surface area contributed by atoms with Gasteiger partial charge in [0.1, 0.15) is 0 Å². The lowest BCUT2D eigenvalue weighted by molar-refractivity contribution is 0.311. The van der Waals surface area contributed by atoms with Gasteiger partial charge in [-0.05, 0) is 27.6 Å². The molecule has 0 fully saturated rings. The van der Waals surface area contributed by atoms with Crippen LogP contribution in [0.15, 0.2) is 22.9 Å². The summed E-state index contributed by atoms with van der Waals surface area (Å²) in [5.74, 6) is 0. The van der Waals surface area contributed by atoms with E-state index in [1.54, 1.807) is 0 Å². The first kappa shape index (κ1) is 7.90. The number of halogens is 1. The summed E-state index contributed by atoms with van der Waals surface area (Å²) in [5.41, 5.74) is 0.0299. The summed E-state index contributed by atoms with van der Waals surface area (Å²) in [6.07, 6.45) is 3.45. The molecule has 1 aromatic heterocycles. The Morgan fingerprint density at radius 1 is 1.69 bits per heavy atom. The standard InChI is InChI=1S/C7H8BrNO3S/c1-13(10,11)12-5-6-2-7(8)4-9-3-6/h2-4H,5H2,1H3/i5D2. The predicted molar refractivity (Wildman–Crippen MR) is 51.6 cm³/mol. The van der Waals surface area contributed by atoms with E-state index in [-0.39, 0.29) is 5.56 Å². The van der Waals surface area contributed by atoms with E-state index in [9.17, 15) is 8.42 Å². The summed E-state index contributed by atoms with van der Waals surface area (Å²) in [6.45, 7) is -2.41. The summed E-state index contributed by atoms with van der Waals surface area (Å²) in [4.78, 5) is 3.72. The maximum absolute atomic E-state index is 10.8. The summed E-state index contributed by atoms with van der Waals surface area (Å²) >= 11 is 3.10. The van der Waals surface area contributed by atoms with Gasteiger partial charge in [-0.25, -0.2) is 0 Å². The lowest BCUT2D eigenvalue weighted by Crippen LogP contribution is -2.02. The molecule has 0 unspecified atom stereocenters. The third kappa shape index (κ3) is 4.35. The summed E-state index contributed by atoms with van der Waals surface area (Å²) in [5, 5.41) is 0. The van der Waals surface area contributed by atoms with E-state index in [0.717, 1.165) is 6.26 Å². The zero-order valence-corrected chi connectivity index (χ0v) is 9.09. The van der Waals surface area contributed by atoms with Gasteiger partial charge in [0.05, 0.1) is 15.6 Å². The molecule has 0 spiro atoms. The molecule has 1 aromatic rings. The molecule has 0 N–H and O–H groups in total. The van der Waals surface area contributed by atoms with Crippen molar-refractivity contribution in [1.82, 2.24) is 4.98 Å². The molecule has 0 radical (unpaired) electrons. The summed E-state index contributed by atoms with van der Waals surface area (Å²) < 4.78 is 41.3. The quantitative estimate of drug-likeness (QED) is 0.776. The van der Waals surface area contributed by atoms with Gasteiger partial charge in [-0.15, -0.1) is 0 Å². The molecule has 0 aliphatic rings. The third-order valence-corrected chi connectivity index (χ3v) is 1.84. The van der Waals surface area contributed by atoms with Crippen molar-refractivity contribution in [3.05, 3.63) is 28.5 Å². The van der Waals surface area contributed by atoms with Crippen LogP contribution in [0.3, 0.4) is 0 Å². The van der Waals surface area contributed by atoms with Crippen molar-refractivity contribution in [2.45, 2.75) is 6.56 Å². The Bertz CT molecular complexity index is 463. The van der Waals surface area contributed by atoms with Crippen LogP contribution in [0.4, 0.5) is 0 Å². The first-order valence-corrected chi connectivity index (χ1v) is 5.83. The number of nitrogens with zero attached hydrogens (tertiary/aromatic N) is 1. The van der Waals surface area contributed by atoms with Gasteiger partial charge in [-0.3, -0.25) is 9.17 Å². The van der Waals surface area contributed by atoms with Gasteiger partial charge in [0, 0.05) is 16.9 Å². The Hall–Kier alpha value is -0.460. The molecule has 0 saturated heterocycles. The van der Waals surface area contributed by atoms with Crippen LogP contribution in [-0.4, -0.2) is 19.7 Å². The molecule has 1 heterocycles. The maximum atomic E-state index is 10.8. The molecule has 13 heavy (non-hydrogen) atoms. The van der Waals surface area contributed by atoms with Crippen molar-refractivity contribution in [1.29, 1.82) is 0 Å². The van der Waals surface area contributed by atoms with E-state index in [1.165, 1.54) is 18.5 Å². The van der Waals surface area contributed by atoms with Crippen LogP contribution in [0.25, 0.3) is 0 Å². The van der Waals surface area contributed by atoms with E-state index in [1.807, 2.05) is 0 Å². The van der Waals surface area contributed by atoms with E-state index in [0.29, 0.717) is 4.47 Å². The van der Waals surface area contributed by atoms with Gasteiger partial charge < -0.3 is 0 Å². The summed E-state index contributed by atoms with van der Waals surface area (Å²) in [6, 6.07) is 1.40. The topological polar surface area (TPSA) is 56.3 Å². The monoisotopic (exact) mass is 267 g/mol. The number of pyridine rings is 1. The number of rotatable bonds is 3. The smallest absolute Gasteiger partial charge is 0.264 e. The van der Waals surface area contributed by atoms with Crippen molar-refractivity contribution in [2.24, 2.45) is 0 Å². The molecule has 0 amide bonds. The first-order valence-electron chi connectivity index (χ1n) is 4.22. The van der Waals surface area contributed by atoms with E-state index in [2.05, 4.69) is 25.1 Å². The molecule has 1 rings (SSSR count). The van der Waals surface area contributed by atoms with Crippen molar-refractivity contribution < 1.29 is 15.3 Å². The van der Waals surface area contributed by atoms with Crippen molar-refractivity contribution in [2.75, 3.05) is 6.26 Å². The maximum Gasteiger partial charge on any atom is 0.264 e. The predicted octanol–water partition coefficient (Wildman–Crippen LogP) is 1.32. The lowest BCUT2D eigenvalue weighted by atomic mass is 10.3. The van der Waals surface area contributed by atoms with Crippen molar-refractivity contribution >= 4 is 26.0 Å². The highest BCUT2D eigenvalue weighted by atomic mass is 79.9. The minimum atomic E-state index is -3.86. The van der Waals surface area contributed by atoms with Crippen LogP contribution >= 0.6 is 15.9 Å². The molecule has 0 aromatic carbocycles. The van der Waals surface area contributed by atoms with E-state index < -0.39 is 16.7 Å². The summed E-state index contributed by atoms with van der Waals surface area (Å²) in [7, 11) is -3.86. The highest BCUT2D eigenvalue weighted by Crippen LogP contribution is 2.10. The van der Waals surface area contributed by atoms with Crippen molar-refractivity contribution in [3.63, 3.8) is 0 Å². The largest absolute Gasteiger partial charge is 0.265 e. The van der Waals surface area contributed by atoms with Crippen molar-refractivity contribution in [3.8, 4) is 0 Å². The van der Waals surface area contributed by atoms with Gasteiger partial charge in [0.15, 0.2) is 0 Å². The fourth-order valence-electron chi connectivity index (χ4n) is 0.591. The Morgan fingerprint density at radius 3 is 2.92 bits per heavy atom. The second-order valence-electron chi connectivity index (χ2n) is 2.28. The molecular weight excluding hydrogens is 258 g/mol. The second-order valence-corrected chi connectivity index (χ2v) is 4.77. The third-order valence-electron chi connectivity index (χ3n) is 1.02. The zero-order chi connectivity index (χ0) is 11.7. The molecule has 0 bridgehead atoms. The van der Waals surface area contributed by atoms with Crippen LogP contribution in [0.1, 0.15) is 8.30 Å². The van der Waals surface area contributed by atoms with Crippen LogP contribution in [0.2, 0.25) is 0 Å². The Labute approximate surface area is 88.0 Å². The average molecular weight is 268 g/mol. The SMILES string of the molecule is [2H]C([2H])(OS(C)(=O)=O)c1cncc(Br)c1. The fourth-order valence-corrected chi connectivity index (χ4v) is 1.20. The van der Waals surface area contributed by atoms with Crippen LogP contribution in [-0.2, 0) is 20.9 Å². The number of hydrogen-bond acceptors (Lipinski definition) is 4. The van der Waals surface area contributed by atoms with Crippen LogP contribution < -0.4 is 0 Å². The number of hydrogen-bond donors (Lipinski definition) is 0. The van der Waals surface area contributed by atoms with Crippen LogP contribution in [0, 0.1) is 0 Å². The number of aromatic nitrogens is 1. The van der Waals surface area contributed by atoms with Crippen LogP contribution in [0.5, 0.6) is 0 Å². The lowest BCUT2D eigenvalue weighted by Gasteiger charge is -2.00. The fraction of sp³-hybridized carbons (Fsp3) is 0.286. The molecule has 0 aliphatic carbocycles. The first-order chi connectivity index (χ1) is 6.71. The molecule has 0 saturated carbocycles. The molecular formula is C7H8BrNO3S. The minimum absolute atomic E-state index is 0.0299. The van der Waals surface area contributed by atoms with E-state index >= 15 is 0 Å². The highest BCUT2D eigenvalue weighted by Gasteiger charge is 2.02. The van der Waals surface area contributed by atoms with E-state index in [4.69, 9.17) is 2.74 Å². The Morgan fingerprint density at radius 2 is 2.38 bits per heavy atom. The molecule has 4 nitrogen and oxygen atoms in total. The molecule has 0 atom stereocenters. The molecule has 0 aliphatic heterocycles. The second kappa shape index (κ2) is 4.17. The zero-order valence-electron chi connectivity index (χ0n) is 8.69. The van der Waals surface area contributed by atoms with Gasteiger partial charge in [-0.2, -0.15) is 8.42 Å². The Balaban J connectivity index is 3.06. The van der Waals surface area contributed by atoms with Gasteiger partial charge >= 0.3 is 0 Å². The van der Waals surface area contributed by atoms with Gasteiger partial charge in [0.2, 0.25) is 0 Å². The molecule has 72 valence electrons. The Kier molecular flexibility index (Phi) is 2.53. The molecule has 6 heteroatoms. The van der Waals surface area contributed by atoms with Gasteiger partial charge in [-0.1, -0.05) is 0 Å². The average Bonchev–Trinajstić information content (AvgIpc) is 1.99. The normalized spacial score (nSPS) is 14.9. The minimum Gasteiger partial charge on any atom is -0.265 e.